The van der Waals surface area contributed by atoms with Gasteiger partial charge >= 0.3 is 0 Å². The molecule has 0 saturated heterocycles. The Morgan fingerprint density at radius 2 is 1.86 bits per heavy atom. The Labute approximate surface area is 183 Å². The molecule has 8 heteroatoms. The molecule has 0 atom stereocenters. The topological polar surface area (TPSA) is 73.8 Å². The van der Waals surface area contributed by atoms with Gasteiger partial charge in [0.25, 0.3) is 0 Å². The molecule has 1 aromatic rings. The number of halogens is 1. The van der Waals surface area contributed by atoms with Gasteiger partial charge in [-0.15, -0.1) is 12.4 Å². The second-order valence-electron chi connectivity index (χ2n) is 7.67. The van der Waals surface area contributed by atoms with Crippen molar-refractivity contribution in [2.24, 2.45) is 4.99 Å². The summed E-state index contributed by atoms with van der Waals surface area (Å²) in [4.78, 5) is 32.4. The van der Waals surface area contributed by atoms with Crippen LogP contribution in [0.5, 0.6) is 0 Å². The average molecular weight is 439 g/mol. The molecule has 0 unspecified atom stereocenters. The van der Waals surface area contributed by atoms with Gasteiger partial charge in [-0.1, -0.05) is 49.2 Å². The smallest absolute Gasteiger partial charge is 0.250 e. The van der Waals surface area contributed by atoms with Crippen LogP contribution < -0.4 is 10.6 Å². The second kappa shape index (κ2) is 10.3. The van der Waals surface area contributed by atoms with E-state index in [9.17, 15) is 9.59 Å². The summed E-state index contributed by atoms with van der Waals surface area (Å²) in [6.45, 7) is 5.58. The molecule has 0 radical (unpaired) electrons. The number of amidine groups is 1. The third-order valence-electron chi connectivity index (χ3n) is 5.81. The molecule has 0 spiro atoms. The Bertz CT molecular complexity index is 758. The van der Waals surface area contributed by atoms with Crippen LogP contribution in [0.1, 0.15) is 43.2 Å². The summed E-state index contributed by atoms with van der Waals surface area (Å²) in [5.74, 6) is 0.197. The highest BCUT2D eigenvalue weighted by molar-refractivity contribution is 8.14. The number of carbonyl (C=O) groups is 2. The van der Waals surface area contributed by atoms with Gasteiger partial charge in [-0.05, 0) is 37.8 Å². The van der Waals surface area contributed by atoms with E-state index in [1.54, 1.807) is 11.9 Å². The quantitative estimate of drug-likeness (QED) is 0.737. The number of para-hydroxylation sites is 1. The molecule has 1 aliphatic carbocycles. The molecule has 2 N–H and O–H groups in total. The molecule has 0 aromatic heterocycles. The van der Waals surface area contributed by atoms with E-state index in [0.717, 1.165) is 54.3 Å². The molecule has 1 aromatic carbocycles. The first-order chi connectivity index (χ1) is 13.4. The highest BCUT2D eigenvalue weighted by atomic mass is 35.5. The summed E-state index contributed by atoms with van der Waals surface area (Å²) in [7, 11) is 1.78. The maximum atomic E-state index is 13.5. The van der Waals surface area contributed by atoms with Crippen molar-refractivity contribution in [2.45, 2.75) is 51.5 Å². The van der Waals surface area contributed by atoms with Crippen LogP contribution in [-0.2, 0) is 9.59 Å². The molecule has 2 amide bonds. The normalized spacial score (nSPS) is 17.6. The van der Waals surface area contributed by atoms with Gasteiger partial charge in [-0.2, -0.15) is 0 Å². The third-order valence-corrected chi connectivity index (χ3v) is 6.75. The highest BCUT2D eigenvalue weighted by Gasteiger charge is 2.45. The summed E-state index contributed by atoms with van der Waals surface area (Å²) in [6, 6.07) is 5.98. The SMILES string of the molecule is Cc1cccc(C)c1NC(=O)C1(N(C)C(=O)CSC2=NCCN2)CCCCC1.Cl. The van der Waals surface area contributed by atoms with Crippen molar-refractivity contribution in [1.29, 1.82) is 0 Å². The number of carbonyl (C=O) groups excluding carboxylic acids is 2. The number of hydrogen-bond donors (Lipinski definition) is 2. The second-order valence-corrected chi connectivity index (χ2v) is 8.63. The molecule has 3 rings (SSSR count). The van der Waals surface area contributed by atoms with Crippen molar-refractivity contribution in [2.75, 3.05) is 31.2 Å². The lowest BCUT2D eigenvalue weighted by molar-refractivity contribution is -0.143. The van der Waals surface area contributed by atoms with Gasteiger partial charge in [0.2, 0.25) is 11.8 Å². The standard InChI is InChI=1S/C21H30N4O2S.ClH/c1-15-8-7-9-16(2)18(15)24-19(27)21(10-5-4-6-11-21)25(3)17(26)14-28-20-22-12-13-23-20;/h7-9H,4-6,10-14H2,1-3H3,(H,22,23)(H,24,27);1H. The Morgan fingerprint density at radius 1 is 1.21 bits per heavy atom. The summed E-state index contributed by atoms with van der Waals surface area (Å²) >= 11 is 1.42. The molecule has 29 heavy (non-hydrogen) atoms. The molecule has 1 aliphatic heterocycles. The number of thioether (sulfide) groups is 1. The highest BCUT2D eigenvalue weighted by Crippen LogP contribution is 2.35. The van der Waals surface area contributed by atoms with Gasteiger partial charge in [-0.3, -0.25) is 14.6 Å². The van der Waals surface area contributed by atoms with E-state index in [4.69, 9.17) is 0 Å². The van der Waals surface area contributed by atoms with Crippen LogP contribution >= 0.6 is 24.2 Å². The number of nitrogens with zero attached hydrogens (tertiary/aromatic N) is 2. The fraction of sp³-hybridized carbons (Fsp3) is 0.571. The van der Waals surface area contributed by atoms with Crippen LogP contribution in [0.3, 0.4) is 0 Å². The molecular formula is C21H31ClN4O2S. The lowest BCUT2D eigenvalue weighted by Crippen LogP contribution is -2.59. The van der Waals surface area contributed by atoms with Crippen molar-refractivity contribution >= 4 is 46.8 Å². The zero-order chi connectivity index (χ0) is 20.1. The molecule has 1 heterocycles. The Kier molecular flexibility index (Phi) is 8.40. The number of anilines is 1. The molecule has 2 aliphatic rings. The van der Waals surface area contributed by atoms with Crippen LogP contribution in [0.2, 0.25) is 0 Å². The number of hydrogen-bond acceptors (Lipinski definition) is 5. The first-order valence-electron chi connectivity index (χ1n) is 9.99. The van der Waals surface area contributed by atoms with E-state index in [1.165, 1.54) is 11.8 Å². The largest absolute Gasteiger partial charge is 0.363 e. The predicted molar refractivity (Wildman–Crippen MR) is 123 cm³/mol. The number of nitrogens with one attached hydrogen (secondary N) is 2. The minimum atomic E-state index is -0.782. The fourth-order valence-corrected chi connectivity index (χ4v) is 4.87. The molecule has 1 fully saturated rings. The number of aryl methyl sites for hydroxylation is 2. The van der Waals surface area contributed by atoms with Crippen LogP contribution in [-0.4, -0.2) is 53.3 Å². The summed E-state index contributed by atoms with van der Waals surface area (Å²) in [6.07, 6.45) is 4.43. The lowest BCUT2D eigenvalue weighted by Gasteiger charge is -2.43. The minimum absolute atomic E-state index is 0. The van der Waals surface area contributed by atoms with Crippen LogP contribution in [0, 0.1) is 13.8 Å². The van der Waals surface area contributed by atoms with Gasteiger partial charge in [-0.25, -0.2) is 0 Å². The summed E-state index contributed by atoms with van der Waals surface area (Å²) in [5.41, 5.74) is 2.15. The average Bonchev–Trinajstić information content (AvgIpc) is 3.22. The van der Waals surface area contributed by atoms with E-state index in [-0.39, 0.29) is 24.2 Å². The van der Waals surface area contributed by atoms with Crippen molar-refractivity contribution in [3.8, 4) is 0 Å². The Morgan fingerprint density at radius 3 is 2.45 bits per heavy atom. The lowest BCUT2D eigenvalue weighted by atomic mass is 9.79. The van der Waals surface area contributed by atoms with Crippen molar-refractivity contribution in [3.63, 3.8) is 0 Å². The third kappa shape index (κ3) is 5.25. The number of rotatable bonds is 5. The van der Waals surface area contributed by atoms with Crippen molar-refractivity contribution < 1.29 is 9.59 Å². The minimum Gasteiger partial charge on any atom is -0.363 e. The van der Waals surface area contributed by atoms with E-state index in [0.29, 0.717) is 18.6 Å². The molecule has 1 saturated carbocycles. The number of aliphatic imine (C=N–C) groups is 1. The van der Waals surface area contributed by atoms with E-state index < -0.39 is 5.54 Å². The van der Waals surface area contributed by atoms with Gasteiger partial charge in [0, 0.05) is 19.3 Å². The first kappa shape index (κ1) is 23.5. The molecular weight excluding hydrogens is 408 g/mol. The van der Waals surface area contributed by atoms with Crippen molar-refractivity contribution in [3.05, 3.63) is 29.3 Å². The van der Waals surface area contributed by atoms with Gasteiger partial charge in [0.1, 0.15) is 5.54 Å². The summed E-state index contributed by atoms with van der Waals surface area (Å²) in [5, 5.41) is 7.14. The molecule has 0 bridgehead atoms. The first-order valence-corrected chi connectivity index (χ1v) is 11.0. The number of amides is 2. The van der Waals surface area contributed by atoms with E-state index >= 15 is 0 Å². The number of likely N-dealkylation sites (N-methyl/N-ethyl adjacent to an activating group) is 1. The van der Waals surface area contributed by atoms with Crippen LogP contribution in [0.25, 0.3) is 0 Å². The Hall–Kier alpha value is -1.73. The maximum Gasteiger partial charge on any atom is 0.250 e. The van der Waals surface area contributed by atoms with Gasteiger partial charge < -0.3 is 15.5 Å². The number of benzene rings is 1. The molecule has 6 nitrogen and oxygen atoms in total. The van der Waals surface area contributed by atoms with Crippen LogP contribution in [0.15, 0.2) is 23.2 Å². The summed E-state index contributed by atoms with van der Waals surface area (Å²) < 4.78 is 0. The Balaban J connectivity index is 0.00000300. The van der Waals surface area contributed by atoms with Crippen molar-refractivity contribution in [1.82, 2.24) is 10.2 Å². The fourth-order valence-electron chi connectivity index (χ4n) is 4.03. The zero-order valence-corrected chi connectivity index (χ0v) is 19.0. The van der Waals surface area contributed by atoms with Crippen LogP contribution in [0.4, 0.5) is 5.69 Å². The van der Waals surface area contributed by atoms with E-state index in [2.05, 4.69) is 15.6 Å². The van der Waals surface area contributed by atoms with Gasteiger partial charge in [0.05, 0.1) is 12.3 Å². The van der Waals surface area contributed by atoms with Gasteiger partial charge in [0.15, 0.2) is 5.17 Å². The maximum absolute atomic E-state index is 13.5. The zero-order valence-electron chi connectivity index (χ0n) is 17.4. The van der Waals surface area contributed by atoms with E-state index in [1.807, 2.05) is 32.0 Å². The molecule has 160 valence electrons. The monoisotopic (exact) mass is 438 g/mol. The predicted octanol–water partition coefficient (Wildman–Crippen LogP) is 3.52.